The highest BCUT2D eigenvalue weighted by Gasteiger charge is 2.25. The molecule has 0 unspecified atom stereocenters. The number of unbranched alkanes of at least 4 members (excludes halogenated alkanes) is 1. The van der Waals surface area contributed by atoms with Crippen molar-refractivity contribution in [3.8, 4) is 0 Å². The van der Waals surface area contributed by atoms with E-state index in [1.54, 1.807) is 0 Å². The molecule has 1 amide bonds. The van der Waals surface area contributed by atoms with E-state index >= 15 is 0 Å². The summed E-state index contributed by atoms with van der Waals surface area (Å²) in [5.74, 6) is -0.194. The van der Waals surface area contributed by atoms with Gasteiger partial charge in [-0.1, -0.05) is 0 Å². The summed E-state index contributed by atoms with van der Waals surface area (Å²) in [4.78, 5) is 15.4. The molecule has 0 aliphatic heterocycles. The highest BCUT2D eigenvalue weighted by atomic mass is 32.1. The Bertz CT molecular complexity index is 479. The average molecular weight is 312 g/mol. The van der Waals surface area contributed by atoms with Crippen molar-refractivity contribution < 1.29 is 18.0 Å². The number of H-pyrrole nitrogens is 1. The number of amides is 1. The van der Waals surface area contributed by atoms with Gasteiger partial charge in [-0.2, -0.15) is 13.2 Å². The first kappa shape index (κ1) is 16.2. The van der Waals surface area contributed by atoms with Gasteiger partial charge in [0, 0.05) is 23.5 Å². The molecular weight excluding hydrogens is 297 g/mol. The Morgan fingerprint density at radius 3 is 2.63 bits per heavy atom. The maximum atomic E-state index is 11.9. The molecule has 0 saturated heterocycles. The van der Waals surface area contributed by atoms with Gasteiger partial charge in [-0.05, 0) is 32.0 Å². The zero-order chi connectivity index (χ0) is 14.5. The van der Waals surface area contributed by atoms with Gasteiger partial charge in [0.25, 0.3) is 0 Å². The van der Waals surface area contributed by atoms with Crippen LogP contribution < -0.4 is 5.32 Å². The Kier molecular flexibility index (Phi) is 5.99. The largest absolute Gasteiger partial charge is 0.389 e. The molecule has 1 aromatic rings. The number of aryl methyl sites for hydroxylation is 1. The number of thiazole rings is 1. The van der Waals surface area contributed by atoms with Crippen LogP contribution in [0, 0.1) is 10.9 Å². The molecule has 0 bridgehead atoms. The smallest absolute Gasteiger partial charge is 0.356 e. The third-order valence-corrected chi connectivity index (χ3v) is 3.79. The van der Waals surface area contributed by atoms with Crippen LogP contribution in [0.5, 0.6) is 0 Å². The molecule has 19 heavy (non-hydrogen) atoms. The number of nitrogens with one attached hydrogen (secondary N) is 2. The SMILES string of the molecule is Cc1[nH]c(=S)sc1CC(=O)NCCCCC(F)(F)F. The van der Waals surface area contributed by atoms with Crippen LogP contribution in [0.25, 0.3) is 0 Å². The Morgan fingerprint density at radius 2 is 2.11 bits per heavy atom. The van der Waals surface area contributed by atoms with E-state index in [9.17, 15) is 18.0 Å². The molecule has 108 valence electrons. The third kappa shape index (κ3) is 6.72. The van der Waals surface area contributed by atoms with Crippen molar-refractivity contribution in [2.75, 3.05) is 6.54 Å². The molecule has 3 nitrogen and oxygen atoms in total. The molecule has 0 saturated carbocycles. The van der Waals surface area contributed by atoms with Crippen LogP contribution in [0.15, 0.2) is 0 Å². The number of carbonyl (C=O) groups is 1. The molecule has 2 N–H and O–H groups in total. The Labute approximate surface area is 118 Å². The number of hydrogen-bond donors (Lipinski definition) is 2. The van der Waals surface area contributed by atoms with Gasteiger partial charge in [0.15, 0.2) is 3.95 Å². The van der Waals surface area contributed by atoms with Gasteiger partial charge in [0.05, 0.1) is 6.42 Å². The number of rotatable bonds is 6. The minimum Gasteiger partial charge on any atom is -0.356 e. The summed E-state index contributed by atoms with van der Waals surface area (Å²) in [6.07, 6.45) is -4.35. The number of halogens is 3. The first-order chi connectivity index (χ1) is 8.78. The van der Waals surface area contributed by atoms with Crippen molar-refractivity contribution in [1.82, 2.24) is 10.3 Å². The summed E-state index contributed by atoms with van der Waals surface area (Å²) >= 11 is 6.29. The molecule has 0 radical (unpaired) electrons. The first-order valence-electron chi connectivity index (χ1n) is 5.80. The molecule has 0 atom stereocenters. The van der Waals surface area contributed by atoms with Gasteiger partial charge in [-0.3, -0.25) is 4.79 Å². The summed E-state index contributed by atoms with van der Waals surface area (Å²) in [7, 11) is 0. The minimum absolute atomic E-state index is 0.0336. The lowest BCUT2D eigenvalue weighted by molar-refractivity contribution is -0.135. The standard InChI is InChI=1S/C11H15F3N2OS2/c1-7-8(19-10(18)16-7)6-9(17)15-5-3-2-4-11(12,13)14/h2-6H2,1H3,(H,15,17)(H,16,18). The van der Waals surface area contributed by atoms with Gasteiger partial charge in [-0.25, -0.2) is 0 Å². The van der Waals surface area contributed by atoms with Crippen molar-refractivity contribution >= 4 is 29.5 Å². The zero-order valence-corrected chi connectivity index (χ0v) is 12.0. The third-order valence-electron chi connectivity index (χ3n) is 2.45. The highest BCUT2D eigenvalue weighted by molar-refractivity contribution is 7.73. The summed E-state index contributed by atoms with van der Waals surface area (Å²) in [6, 6.07) is 0. The van der Waals surface area contributed by atoms with Crippen LogP contribution in [0.3, 0.4) is 0 Å². The predicted octanol–water partition coefficient (Wildman–Crippen LogP) is 3.51. The van der Waals surface area contributed by atoms with Crippen molar-refractivity contribution in [2.24, 2.45) is 0 Å². The van der Waals surface area contributed by atoms with E-state index < -0.39 is 12.6 Å². The topological polar surface area (TPSA) is 44.9 Å². The average Bonchev–Trinajstić information content (AvgIpc) is 2.55. The maximum absolute atomic E-state index is 11.9. The quantitative estimate of drug-likeness (QED) is 0.624. The minimum atomic E-state index is -4.12. The van der Waals surface area contributed by atoms with Gasteiger partial charge < -0.3 is 10.3 Å². The van der Waals surface area contributed by atoms with E-state index in [1.165, 1.54) is 11.3 Å². The van der Waals surface area contributed by atoms with Crippen molar-refractivity contribution in [3.63, 3.8) is 0 Å². The molecule has 1 heterocycles. The van der Waals surface area contributed by atoms with E-state index in [2.05, 4.69) is 10.3 Å². The molecule has 0 aromatic carbocycles. The molecule has 0 fully saturated rings. The van der Waals surface area contributed by atoms with E-state index in [1.807, 2.05) is 6.92 Å². The second kappa shape index (κ2) is 7.04. The number of aromatic amines is 1. The van der Waals surface area contributed by atoms with Crippen LogP contribution >= 0.6 is 23.6 Å². The van der Waals surface area contributed by atoms with E-state index in [0.717, 1.165) is 10.6 Å². The molecule has 1 aromatic heterocycles. The predicted molar refractivity (Wildman–Crippen MR) is 70.9 cm³/mol. The van der Waals surface area contributed by atoms with Crippen LogP contribution in [-0.4, -0.2) is 23.6 Å². The summed E-state index contributed by atoms with van der Waals surface area (Å²) < 4.78 is 36.2. The van der Waals surface area contributed by atoms with Gasteiger partial charge in [0.1, 0.15) is 0 Å². The zero-order valence-electron chi connectivity index (χ0n) is 10.4. The number of alkyl halides is 3. The fourth-order valence-corrected chi connectivity index (χ4v) is 2.78. The fourth-order valence-electron chi connectivity index (χ4n) is 1.49. The second-order valence-corrected chi connectivity index (χ2v) is 5.93. The van der Waals surface area contributed by atoms with Crippen molar-refractivity contribution in [2.45, 2.75) is 38.8 Å². The van der Waals surface area contributed by atoms with Gasteiger partial charge in [-0.15, -0.1) is 11.3 Å². The number of carbonyl (C=O) groups excluding carboxylic acids is 1. The van der Waals surface area contributed by atoms with Crippen molar-refractivity contribution in [3.05, 3.63) is 14.5 Å². The van der Waals surface area contributed by atoms with Crippen LogP contribution in [-0.2, 0) is 11.2 Å². The number of hydrogen-bond acceptors (Lipinski definition) is 3. The van der Waals surface area contributed by atoms with Gasteiger partial charge >= 0.3 is 6.18 Å². The van der Waals surface area contributed by atoms with E-state index in [4.69, 9.17) is 12.2 Å². The Balaban J connectivity index is 2.22. The molecule has 1 rings (SSSR count). The van der Waals surface area contributed by atoms with Crippen LogP contribution in [0.4, 0.5) is 13.2 Å². The van der Waals surface area contributed by atoms with Crippen LogP contribution in [0.2, 0.25) is 0 Å². The normalized spacial score (nSPS) is 11.6. The molecular formula is C11H15F3N2OS2. The lowest BCUT2D eigenvalue weighted by atomic mass is 10.2. The highest BCUT2D eigenvalue weighted by Crippen LogP contribution is 2.21. The molecule has 0 spiro atoms. The summed E-state index contributed by atoms with van der Waals surface area (Å²) in [5, 5.41) is 2.61. The lowest BCUT2D eigenvalue weighted by Crippen LogP contribution is -2.26. The monoisotopic (exact) mass is 312 g/mol. The van der Waals surface area contributed by atoms with Crippen molar-refractivity contribution in [1.29, 1.82) is 0 Å². The Morgan fingerprint density at radius 1 is 1.42 bits per heavy atom. The first-order valence-corrected chi connectivity index (χ1v) is 7.02. The van der Waals surface area contributed by atoms with E-state index in [0.29, 0.717) is 10.4 Å². The molecule has 0 aliphatic rings. The second-order valence-electron chi connectivity index (χ2n) is 4.16. The van der Waals surface area contributed by atoms with E-state index in [-0.39, 0.29) is 25.3 Å². The number of aromatic nitrogens is 1. The molecule has 8 heteroatoms. The fraction of sp³-hybridized carbons (Fsp3) is 0.636. The summed E-state index contributed by atoms with van der Waals surface area (Å²) in [5.41, 5.74) is 0.863. The lowest BCUT2D eigenvalue weighted by Gasteiger charge is -2.07. The summed E-state index contributed by atoms with van der Waals surface area (Å²) in [6.45, 7) is 2.10. The Hall–Kier alpha value is -0.890. The maximum Gasteiger partial charge on any atom is 0.389 e. The molecule has 0 aliphatic carbocycles. The van der Waals surface area contributed by atoms with Gasteiger partial charge in [0.2, 0.25) is 5.91 Å². The van der Waals surface area contributed by atoms with Crippen LogP contribution in [0.1, 0.15) is 29.8 Å².